The van der Waals surface area contributed by atoms with Crippen LogP contribution in [0, 0.1) is 0 Å². The maximum Gasteiger partial charge on any atom is 0.334 e. The minimum Gasteiger partial charge on any atom is -0.497 e. The molecule has 0 heterocycles. The van der Waals surface area contributed by atoms with Crippen LogP contribution in [0.2, 0.25) is 0 Å². The van der Waals surface area contributed by atoms with E-state index in [0.29, 0.717) is 5.75 Å². The van der Waals surface area contributed by atoms with Gasteiger partial charge < -0.3 is 14.2 Å². The van der Waals surface area contributed by atoms with Gasteiger partial charge >= 0.3 is 11.9 Å². The SMILES string of the molecule is C=C(CC(=O)OCc1ccc(OC)cc1)C(=O)OCC(Cl)(Cl)Cl. The molecule has 0 amide bonds. The summed E-state index contributed by atoms with van der Waals surface area (Å²) in [5, 5.41) is 0. The summed E-state index contributed by atoms with van der Waals surface area (Å²) >= 11 is 16.4. The number of methoxy groups -OCH3 is 1. The molecule has 1 rings (SSSR count). The van der Waals surface area contributed by atoms with Crippen molar-refractivity contribution in [3.63, 3.8) is 0 Å². The first-order valence-electron chi connectivity index (χ1n) is 6.41. The van der Waals surface area contributed by atoms with E-state index >= 15 is 0 Å². The lowest BCUT2D eigenvalue weighted by Gasteiger charge is -2.12. The quantitative estimate of drug-likeness (QED) is 0.410. The van der Waals surface area contributed by atoms with Crippen molar-refractivity contribution >= 4 is 46.7 Å². The van der Waals surface area contributed by atoms with Gasteiger partial charge in [-0.3, -0.25) is 4.79 Å². The molecule has 0 radical (unpaired) electrons. The summed E-state index contributed by atoms with van der Waals surface area (Å²) in [6, 6.07) is 7.01. The number of ether oxygens (including phenoxy) is 3. The van der Waals surface area contributed by atoms with E-state index in [1.54, 1.807) is 31.4 Å². The minimum absolute atomic E-state index is 0.0688. The molecule has 0 saturated carbocycles. The fourth-order valence-corrected chi connectivity index (χ4v) is 1.60. The van der Waals surface area contributed by atoms with Crippen molar-refractivity contribution in [3.05, 3.63) is 42.0 Å². The molecule has 5 nitrogen and oxygen atoms in total. The number of rotatable bonds is 7. The third-order valence-corrected chi connectivity index (χ3v) is 2.90. The van der Waals surface area contributed by atoms with E-state index in [-0.39, 0.29) is 18.6 Å². The Labute approximate surface area is 149 Å². The van der Waals surface area contributed by atoms with Gasteiger partial charge in [-0.1, -0.05) is 53.5 Å². The molecule has 0 N–H and O–H groups in total. The first-order chi connectivity index (χ1) is 10.7. The standard InChI is InChI=1S/C15H15Cl3O5/c1-10(14(20)23-9-15(16,17)18)7-13(19)22-8-11-3-5-12(21-2)6-4-11/h3-6H,1,7-9H2,2H3. The van der Waals surface area contributed by atoms with Crippen molar-refractivity contribution in [1.82, 2.24) is 0 Å². The van der Waals surface area contributed by atoms with Crippen LogP contribution in [0.1, 0.15) is 12.0 Å². The predicted molar refractivity (Wildman–Crippen MR) is 87.8 cm³/mol. The number of benzene rings is 1. The zero-order chi connectivity index (χ0) is 17.5. The molecule has 0 unspecified atom stereocenters. The maximum atomic E-state index is 11.7. The second-order valence-corrected chi connectivity index (χ2v) is 7.00. The fourth-order valence-electron chi connectivity index (χ4n) is 1.43. The van der Waals surface area contributed by atoms with E-state index in [1.165, 1.54) is 0 Å². The topological polar surface area (TPSA) is 61.8 Å². The molecule has 0 aromatic heterocycles. The van der Waals surface area contributed by atoms with Gasteiger partial charge in [-0.05, 0) is 17.7 Å². The van der Waals surface area contributed by atoms with Crippen LogP contribution in [0.5, 0.6) is 5.75 Å². The number of hydrogen-bond acceptors (Lipinski definition) is 5. The lowest BCUT2D eigenvalue weighted by Crippen LogP contribution is -2.19. The summed E-state index contributed by atoms with van der Waals surface area (Å²) in [6.45, 7) is 3.09. The second-order valence-electron chi connectivity index (χ2n) is 4.48. The van der Waals surface area contributed by atoms with Crippen LogP contribution in [0.3, 0.4) is 0 Å². The first-order valence-corrected chi connectivity index (χ1v) is 7.55. The molecular formula is C15H15Cl3O5. The van der Waals surface area contributed by atoms with E-state index in [9.17, 15) is 9.59 Å². The molecule has 0 bridgehead atoms. The number of halogens is 3. The molecule has 0 spiro atoms. The lowest BCUT2D eigenvalue weighted by molar-refractivity contribution is -0.147. The van der Waals surface area contributed by atoms with Crippen molar-refractivity contribution in [2.45, 2.75) is 16.8 Å². The highest BCUT2D eigenvalue weighted by Gasteiger charge is 2.23. The highest BCUT2D eigenvalue weighted by molar-refractivity contribution is 6.67. The Bertz CT molecular complexity index is 563. The molecule has 0 aliphatic carbocycles. The van der Waals surface area contributed by atoms with Crippen molar-refractivity contribution in [3.8, 4) is 5.75 Å². The highest BCUT2D eigenvalue weighted by Crippen LogP contribution is 2.26. The van der Waals surface area contributed by atoms with Crippen molar-refractivity contribution in [2.75, 3.05) is 13.7 Å². The Morgan fingerprint density at radius 1 is 1.13 bits per heavy atom. The molecule has 8 heteroatoms. The zero-order valence-electron chi connectivity index (χ0n) is 12.3. The molecule has 0 saturated heterocycles. The molecular weight excluding hydrogens is 367 g/mol. The van der Waals surface area contributed by atoms with Crippen LogP contribution in [0.25, 0.3) is 0 Å². The van der Waals surface area contributed by atoms with Gasteiger partial charge in [-0.25, -0.2) is 4.79 Å². The summed E-state index contributed by atoms with van der Waals surface area (Å²) in [7, 11) is 1.56. The maximum absolute atomic E-state index is 11.7. The third-order valence-electron chi connectivity index (χ3n) is 2.57. The van der Waals surface area contributed by atoms with Crippen LogP contribution < -0.4 is 4.74 Å². The molecule has 0 atom stereocenters. The van der Waals surface area contributed by atoms with Gasteiger partial charge in [0.15, 0.2) is 0 Å². The molecule has 1 aromatic carbocycles. The van der Waals surface area contributed by atoms with Gasteiger partial charge in [0.1, 0.15) is 19.0 Å². The molecule has 126 valence electrons. The van der Waals surface area contributed by atoms with Crippen LogP contribution in [-0.2, 0) is 25.7 Å². The number of carbonyl (C=O) groups is 2. The van der Waals surface area contributed by atoms with Gasteiger partial charge in [0.25, 0.3) is 0 Å². The predicted octanol–water partition coefficient (Wildman–Crippen LogP) is 3.60. The minimum atomic E-state index is -1.72. The van der Waals surface area contributed by atoms with E-state index < -0.39 is 22.3 Å². The van der Waals surface area contributed by atoms with Gasteiger partial charge in [-0.2, -0.15) is 0 Å². The molecule has 0 aliphatic rings. The molecule has 23 heavy (non-hydrogen) atoms. The van der Waals surface area contributed by atoms with Crippen molar-refractivity contribution < 1.29 is 23.8 Å². The van der Waals surface area contributed by atoms with Gasteiger partial charge in [0.2, 0.25) is 3.79 Å². The smallest absolute Gasteiger partial charge is 0.334 e. The Morgan fingerprint density at radius 2 is 1.74 bits per heavy atom. The number of esters is 2. The Hall–Kier alpha value is -1.43. The van der Waals surface area contributed by atoms with Crippen molar-refractivity contribution in [1.29, 1.82) is 0 Å². The molecule has 0 fully saturated rings. The largest absolute Gasteiger partial charge is 0.497 e. The Morgan fingerprint density at radius 3 is 2.26 bits per heavy atom. The monoisotopic (exact) mass is 380 g/mol. The van der Waals surface area contributed by atoms with E-state index in [0.717, 1.165) is 5.56 Å². The number of carbonyl (C=O) groups excluding carboxylic acids is 2. The Balaban J connectivity index is 2.37. The van der Waals surface area contributed by atoms with Crippen molar-refractivity contribution in [2.24, 2.45) is 0 Å². The first kappa shape index (κ1) is 19.6. The summed E-state index contributed by atoms with van der Waals surface area (Å²) in [5.41, 5.74) is 0.697. The van der Waals surface area contributed by atoms with Crippen LogP contribution in [0.4, 0.5) is 0 Å². The Kier molecular flexibility index (Phi) is 7.68. The normalized spacial score (nSPS) is 10.8. The molecule has 1 aromatic rings. The van der Waals surface area contributed by atoms with Gasteiger partial charge in [0.05, 0.1) is 13.5 Å². The average Bonchev–Trinajstić information content (AvgIpc) is 2.50. The second kappa shape index (κ2) is 9.01. The van der Waals surface area contributed by atoms with Crippen LogP contribution >= 0.6 is 34.8 Å². The van der Waals surface area contributed by atoms with E-state index in [1.807, 2.05) is 0 Å². The van der Waals surface area contributed by atoms with E-state index in [2.05, 4.69) is 6.58 Å². The number of alkyl halides is 3. The third kappa shape index (κ3) is 8.11. The zero-order valence-corrected chi connectivity index (χ0v) is 14.6. The highest BCUT2D eigenvalue weighted by atomic mass is 35.6. The molecule has 0 aliphatic heterocycles. The number of hydrogen-bond donors (Lipinski definition) is 0. The summed E-state index contributed by atoms with van der Waals surface area (Å²) < 4.78 is 13.0. The fraction of sp³-hybridized carbons (Fsp3) is 0.333. The summed E-state index contributed by atoms with van der Waals surface area (Å²) in [4.78, 5) is 23.2. The van der Waals surface area contributed by atoms with Gasteiger partial charge in [-0.15, -0.1) is 0 Å². The lowest BCUT2D eigenvalue weighted by atomic mass is 10.2. The van der Waals surface area contributed by atoms with Gasteiger partial charge in [0, 0.05) is 5.57 Å². The van der Waals surface area contributed by atoms with Crippen LogP contribution in [-0.4, -0.2) is 29.4 Å². The summed E-state index contributed by atoms with van der Waals surface area (Å²) in [6.07, 6.45) is -0.311. The average molecular weight is 382 g/mol. The summed E-state index contributed by atoms with van der Waals surface area (Å²) in [5.74, 6) is -0.737. The van der Waals surface area contributed by atoms with E-state index in [4.69, 9.17) is 49.0 Å². The van der Waals surface area contributed by atoms with Crippen LogP contribution in [0.15, 0.2) is 36.4 Å².